The molecule has 0 unspecified atom stereocenters. The van der Waals surface area contributed by atoms with Crippen molar-refractivity contribution in [2.45, 2.75) is 31.3 Å². The minimum atomic E-state index is -0.370. The third-order valence-electron chi connectivity index (χ3n) is 3.78. The number of furan rings is 1. The van der Waals surface area contributed by atoms with Crippen molar-refractivity contribution in [3.05, 3.63) is 41.2 Å². The Kier molecular flexibility index (Phi) is 4.06. The molecule has 0 bridgehead atoms. The molecule has 1 aliphatic carbocycles. The van der Waals surface area contributed by atoms with E-state index in [1.807, 2.05) is 25.3 Å². The van der Waals surface area contributed by atoms with Crippen molar-refractivity contribution in [1.29, 1.82) is 0 Å². The van der Waals surface area contributed by atoms with Gasteiger partial charge in [0.05, 0.1) is 6.61 Å². The van der Waals surface area contributed by atoms with Crippen LogP contribution in [0.5, 0.6) is 0 Å². The molecule has 0 spiro atoms. The van der Waals surface area contributed by atoms with Crippen molar-refractivity contribution in [2.24, 2.45) is 0 Å². The first-order valence-corrected chi connectivity index (χ1v) is 8.43. The Morgan fingerprint density at radius 2 is 2.14 bits per heavy atom. The van der Waals surface area contributed by atoms with Crippen LogP contribution >= 0.6 is 11.8 Å². The van der Waals surface area contributed by atoms with E-state index in [2.05, 4.69) is 12.1 Å². The monoisotopic (exact) mass is 302 g/mol. The molecule has 0 aliphatic heterocycles. The largest absolute Gasteiger partial charge is 0.460 e. The Hall–Kier alpha value is -1.68. The summed E-state index contributed by atoms with van der Waals surface area (Å²) >= 11 is 1.55. The van der Waals surface area contributed by atoms with E-state index in [1.54, 1.807) is 11.8 Å². The number of esters is 1. The second-order valence-corrected chi connectivity index (χ2v) is 5.79. The van der Waals surface area contributed by atoms with E-state index < -0.39 is 0 Å². The van der Waals surface area contributed by atoms with Gasteiger partial charge in [0.15, 0.2) is 5.09 Å². The number of carbonyl (C=O) groups is 1. The Morgan fingerprint density at radius 3 is 2.90 bits per heavy atom. The highest BCUT2D eigenvalue weighted by Crippen LogP contribution is 2.41. The Balaban J connectivity index is 2.23. The zero-order valence-corrected chi connectivity index (χ0v) is 13.1. The van der Waals surface area contributed by atoms with Crippen LogP contribution in [0, 0.1) is 0 Å². The predicted molar refractivity (Wildman–Crippen MR) is 83.9 cm³/mol. The summed E-state index contributed by atoms with van der Waals surface area (Å²) in [7, 11) is 0. The molecule has 1 aromatic carbocycles. The summed E-state index contributed by atoms with van der Waals surface area (Å²) in [5.74, 6) is -0.0173. The van der Waals surface area contributed by atoms with Gasteiger partial charge in [-0.25, -0.2) is 4.79 Å². The van der Waals surface area contributed by atoms with Gasteiger partial charge >= 0.3 is 5.97 Å². The Labute approximate surface area is 128 Å². The summed E-state index contributed by atoms with van der Waals surface area (Å²) in [5.41, 5.74) is 4.47. The molecule has 21 heavy (non-hydrogen) atoms. The predicted octanol–water partition coefficient (Wildman–Crippen LogP) is 4.33. The first-order valence-electron chi connectivity index (χ1n) is 7.21. The number of carbonyl (C=O) groups excluding carboxylic acids is 1. The zero-order chi connectivity index (χ0) is 14.8. The van der Waals surface area contributed by atoms with Gasteiger partial charge in [0.2, 0.25) is 5.76 Å². The van der Waals surface area contributed by atoms with Crippen LogP contribution in [0.1, 0.15) is 35.0 Å². The van der Waals surface area contributed by atoms with E-state index in [9.17, 15) is 4.79 Å². The van der Waals surface area contributed by atoms with Crippen LogP contribution in [0.3, 0.4) is 0 Å². The summed E-state index contributed by atoms with van der Waals surface area (Å²) < 4.78 is 11.0. The fraction of sp³-hybridized carbons (Fsp3) is 0.353. The SMILES string of the molecule is CCOC(=O)c1oc(SC)c2c1-c1ccccc1CCC2. The first-order chi connectivity index (χ1) is 10.3. The lowest BCUT2D eigenvalue weighted by molar-refractivity contribution is 0.0485. The van der Waals surface area contributed by atoms with Crippen molar-refractivity contribution < 1.29 is 13.9 Å². The molecule has 0 saturated carbocycles. The van der Waals surface area contributed by atoms with Crippen molar-refractivity contribution in [3.63, 3.8) is 0 Å². The van der Waals surface area contributed by atoms with Gasteiger partial charge in [-0.05, 0) is 43.6 Å². The minimum absolute atomic E-state index is 0.352. The third kappa shape index (κ3) is 2.48. The molecule has 110 valence electrons. The van der Waals surface area contributed by atoms with Gasteiger partial charge in [0, 0.05) is 11.1 Å². The second kappa shape index (κ2) is 5.98. The molecule has 4 heteroatoms. The molecule has 0 saturated heterocycles. The normalized spacial score (nSPS) is 13.2. The second-order valence-electron chi connectivity index (χ2n) is 5.01. The van der Waals surface area contributed by atoms with Crippen molar-refractivity contribution in [1.82, 2.24) is 0 Å². The first kappa shape index (κ1) is 14.3. The summed E-state index contributed by atoms with van der Waals surface area (Å²) in [6, 6.07) is 8.25. The third-order valence-corrected chi connectivity index (χ3v) is 4.48. The number of fused-ring (bicyclic) bond motifs is 3. The maximum atomic E-state index is 12.2. The molecule has 0 N–H and O–H groups in total. The topological polar surface area (TPSA) is 39.4 Å². The van der Waals surface area contributed by atoms with E-state index in [-0.39, 0.29) is 5.97 Å². The highest BCUT2D eigenvalue weighted by molar-refractivity contribution is 7.98. The number of rotatable bonds is 3. The van der Waals surface area contributed by atoms with Gasteiger partial charge in [-0.3, -0.25) is 0 Å². The number of benzene rings is 1. The molecule has 2 aromatic rings. The maximum absolute atomic E-state index is 12.2. The average molecular weight is 302 g/mol. The summed E-state index contributed by atoms with van der Waals surface area (Å²) in [5, 5.41) is 0.838. The van der Waals surface area contributed by atoms with E-state index in [4.69, 9.17) is 9.15 Å². The van der Waals surface area contributed by atoms with Crippen LogP contribution in [-0.4, -0.2) is 18.8 Å². The van der Waals surface area contributed by atoms with Crippen LogP contribution in [-0.2, 0) is 17.6 Å². The highest BCUT2D eigenvalue weighted by Gasteiger charge is 2.29. The number of hydrogen-bond donors (Lipinski definition) is 0. The minimum Gasteiger partial charge on any atom is -0.460 e. The van der Waals surface area contributed by atoms with E-state index >= 15 is 0 Å². The van der Waals surface area contributed by atoms with Gasteiger partial charge in [-0.1, -0.05) is 36.0 Å². The quantitative estimate of drug-likeness (QED) is 0.625. The summed E-state index contributed by atoms with van der Waals surface area (Å²) in [4.78, 5) is 12.2. The van der Waals surface area contributed by atoms with Crippen molar-refractivity contribution in [2.75, 3.05) is 12.9 Å². The number of aryl methyl sites for hydroxylation is 1. The molecule has 1 aliphatic rings. The molecule has 3 nitrogen and oxygen atoms in total. The molecule has 0 atom stereocenters. The van der Waals surface area contributed by atoms with Crippen molar-refractivity contribution in [3.8, 4) is 11.1 Å². The smallest absolute Gasteiger partial charge is 0.374 e. The summed E-state index contributed by atoms with van der Waals surface area (Å²) in [6.07, 6.45) is 5.01. The van der Waals surface area contributed by atoms with E-state index in [0.29, 0.717) is 12.4 Å². The number of hydrogen-bond acceptors (Lipinski definition) is 4. The summed E-state index contributed by atoms with van der Waals surface area (Å²) in [6.45, 7) is 2.16. The number of thioether (sulfide) groups is 1. The molecular formula is C17H18O3S. The lowest BCUT2D eigenvalue weighted by Crippen LogP contribution is -2.05. The molecular weight excluding hydrogens is 284 g/mol. The molecule has 3 rings (SSSR count). The maximum Gasteiger partial charge on any atom is 0.374 e. The molecule has 0 fully saturated rings. The molecule has 1 aromatic heterocycles. The zero-order valence-electron chi connectivity index (χ0n) is 12.3. The Morgan fingerprint density at radius 1 is 1.33 bits per heavy atom. The van der Waals surface area contributed by atoms with Crippen LogP contribution < -0.4 is 0 Å². The van der Waals surface area contributed by atoms with Crippen molar-refractivity contribution >= 4 is 17.7 Å². The van der Waals surface area contributed by atoms with E-state index in [1.165, 1.54) is 5.56 Å². The van der Waals surface area contributed by atoms with Crippen LogP contribution in [0.2, 0.25) is 0 Å². The fourth-order valence-electron chi connectivity index (χ4n) is 2.90. The fourth-order valence-corrected chi connectivity index (χ4v) is 3.52. The number of ether oxygens (including phenoxy) is 1. The van der Waals surface area contributed by atoms with Crippen LogP contribution in [0.4, 0.5) is 0 Å². The Bertz CT molecular complexity index is 673. The van der Waals surface area contributed by atoms with Gasteiger partial charge in [0.1, 0.15) is 0 Å². The van der Waals surface area contributed by atoms with Crippen LogP contribution in [0.25, 0.3) is 11.1 Å². The molecule has 0 radical (unpaired) electrons. The van der Waals surface area contributed by atoms with Gasteiger partial charge in [0.25, 0.3) is 0 Å². The van der Waals surface area contributed by atoms with Gasteiger partial charge < -0.3 is 9.15 Å². The lowest BCUT2D eigenvalue weighted by Gasteiger charge is -2.07. The average Bonchev–Trinajstić information content (AvgIpc) is 2.76. The lowest BCUT2D eigenvalue weighted by atomic mass is 9.98. The highest BCUT2D eigenvalue weighted by atomic mass is 32.2. The molecule has 0 amide bonds. The van der Waals surface area contributed by atoms with E-state index in [0.717, 1.165) is 41.0 Å². The standard InChI is InChI=1S/C17H18O3S/c1-3-19-16(18)15-14-12-9-5-4-7-11(12)8-6-10-13(14)17(20-15)21-2/h4-5,7,9H,3,6,8,10H2,1-2H3. The van der Waals surface area contributed by atoms with Gasteiger partial charge in [-0.2, -0.15) is 0 Å². The van der Waals surface area contributed by atoms with Gasteiger partial charge in [-0.15, -0.1) is 0 Å². The molecule has 1 heterocycles. The van der Waals surface area contributed by atoms with Crippen LogP contribution in [0.15, 0.2) is 33.8 Å².